The first-order valence-corrected chi connectivity index (χ1v) is 11.3. The van der Waals surface area contributed by atoms with Gasteiger partial charge in [0.05, 0.1) is 6.54 Å². The molecule has 2 aliphatic carbocycles. The highest BCUT2D eigenvalue weighted by atomic mass is 19.3. The summed E-state index contributed by atoms with van der Waals surface area (Å²) in [5, 5.41) is 13.4. The molecule has 0 heterocycles. The Balaban J connectivity index is 1.34. The number of fused-ring (bicyclic) bond motifs is 3. The predicted molar refractivity (Wildman–Crippen MR) is 120 cm³/mol. The van der Waals surface area contributed by atoms with Crippen molar-refractivity contribution in [2.45, 2.75) is 49.5 Å². The molecule has 9 heteroatoms. The molecule has 0 saturated heterocycles. The zero-order valence-electron chi connectivity index (χ0n) is 18.5. The van der Waals surface area contributed by atoms with Crippen LogP contribution in [-0.2, 0) is 14.3 Å². The molecule has 0 aliphatic heterocycles. The number of benzene rings is 2. The number of rotatable bonds is 7. The second kappa shape index (κ2) is 9.40. The normalized spacial score (nSPS) is 16.8. The number of halogens is 2. The Morgan fingerprint density at radius 3 is 2.09 bits per heavy atom. The number of alkyl carbamates (subject to hydrolysis) is 1. The van der Waals surface area contributed by atoms with Crippen LogP contribution in [-0.4, -0.2) is 47.7 Å². The maximum absolute atomic E-state index is 14.4. The molecule has 2 amide bonds. The van der Waals surface area contributed by atoms with Gasteiger partial charge in [-0.1, -0.05) is 67.8 Å². The minimum atomic E-state index is -3.99. The highest BCUT2D eigenvalue weighted by molar-refractivity contribution is 5.91. The molecule has 2 aromatic carbocycles. The van der Waals surface area contributed by atoms with Crippen molar-refractivity contribution in [1.82, 2.24) is 10.6 Å². The van der Waals surface area contributed by atoms with Crippen LogP contribution >= 0.6 is 0 Å². The maximum Gasteiger partial charge on any atom is 0.407 e. The zero-order valence-corrected chi connectivity index (χ0v) is 18.5. The Labute approximate surface area is 195 Å². The summed E-state index contributed by atoms with van der Waals surface area (Å²) in [6.45, 7) is -1.36. The Hall–Kier alpha value is -3.49. The number of carbonyl (C=O) groups excluding carboxylic acids is 2. The van der Waals surface area contributed by atoms with E-state index < -0.39 is 36.0 Å². The molecular formula is C25H26F2N2O5. The third-order valence-electron chi connectivity index (χ3n) is 6.60. The van der Waals surface area contributed by atoms with Gasteiger partial charge in [-0.25, -0.2) is 9.59 Å². The van der Waals surface area contributed by atoms with Crippen molar-refractivity contribution in [3.05, 3.63) is 59.7 Å². The first-order valence-electron chi connectivity index (χ1n) is 11.3. The Kier molecular flexibility index (Phi) is 6.54. The van der Waals surface area contributed by atoms with Crippen LogP contribution < -0.4 is 10.6 Å². The van der Waals surface area contributed by atoms with Crippen LogP contribution in [0.1, 0.15) is 49.1 Å². The van der Waals surface area contributed by atoms with Gasteiger partial charge in [0.25, 0.3) is 5.91 Å². The summed E-state index contributed by atoms with van der Waals surface area (Å²) in [5.74, 6) is -7.29. The van der Waals surface area contributed by atoms with Gasteiger partial charge in [-0.2, -0.15) is 8.78 Å². The standard InChI is InChI=1S/C25H26F2N2O5/c26-25(27,21(30)29-24(22(31)32)12-6-1-7-13-24)15-28-23(33)34-14-20-18-10-4-2-8-16(18)17-9-3-5-11-19(17)20/h2-5,8-11,20H,1,6-7,12-15H2,(H,28,33)(H,29,30)(H,31,32). The second-order valence-electron chi connectivity index (χ2n) is 8.79. The van der Waals surface area contributed by atoms with Crippen molar-refractivity contribution in [2.24, 2.45) is 0 Å². The van der Waals surface area contributed by atoms with E-state index in [9.17, 15) is 28.3 Å². The summed E-state index contributed by atoms with van der Waals surface area (Å²) in [5.41, 5.74) is 2.32. The first kappa shape index (κ1) is 23.7. The number of ether oxygens (including phenoxy) is 1. The molecule has 2 aromatic rings. The van der Waals surface area contributed by atoms with Crippen molar-refractivity contribution in [2.75, 3.05) is 13.2 Å². The minimum absolute atomic E-state index is 0.0558. The van der Waals surface area contributed by atoms with E-state index in [-0.39, 0.29) is 25.4 Å². The van der Waals surface area contributed by atoms with E-state index in [2.05, 4.69) is 0 Å². The predicted octanol–water partition coefficient (Wildman–Crippen LogP) is 4.06. The Bertz CT molecular complexity index is 1050. The number of aliphatic carboxylic acids is 1. The van der Waals surface area contributed by atoms with Crippen LogP contribution in [0.5, 0.6) is 0 Å². The maximum atomic E-state index is 14.4. The molecule has 1 saturated carbocycles. The van der Waals surface area contributed by atoms with Gasteiger partial charge in [-0.15, -0.1) is 0 Å². The lowest BCUT2D eigenvalue weighted by molar-refractivity contribution is -0.156. The molecule has 3 N–H and O–H groups in total. The van der Waals surface area contributed by atoms with Gasteiger partial charge in [0.2, 0.25) is 0 Å². The van der Waals surface area contributed by atoms with Crippen molar-refractivity contribution >= 4 is 18.0 Å². The summed E-state index contributed by atoms with van der Waals surface area (Å²) >= 11 is 0. The van der Waals surface area contributed by atoms with Crippen LogP contribution in [0.2, 0.25) is 0 Å². The molecule has 180 valence electrons. The zero-order chi connectivity index (χ0) is 24.3. The fourth-order valence-electron chi connectivity index (χ4n) is 4.77. The number of carboxylic acids is 1. The number of nitrogens with one attached hydrogen (secondary N) is 2. The van der Waals surface area contributed by atoms with Gasteiger partial charge in [-0.3, -0.25) is 4.79 Å². The van der Waals surface area contributed by atoms with Crippen molar-refractivity contribution in [3.8, 4) is 11.1 Å². The first-order chi connectivity index (χ1) is 16.2. The van der Waals surface area contributed by atoms with Gasteiger partial charge in [-0.05, 0) is 35.1 Å². The summed E-state index contributed by atoms with van der Waals surface area (Å²) < 4.78 is 34.1. The van der Waals surface area contributed by atoms with E-state index in [0.29, 0.717) is 12.8 Å². The molecule has 34 heavy (non-hydrogen) atoms. The number of carboxylic acid groups (broad SMARTS) is 1. The average Bonchev–Trinajstić information content (AvgIpc) is 3.15. The smallest absolute Gasteiger partial charge is 0.407 e. The van der Waals surface area contributed by atoms with E-state index >= 15 is 0 Å². The molecule has 1 fully saturated rings. The fraction of sp³-hybridized carbons (Fsp3) is 0.400. The molecule has 0 aromatic heterocycles. The van der Waals surface area contributed by atoms with Gasteiger partial charge in [0.15, 0.2) is 0 Å². The van der Waals surface area contributed by atoms with E-state index in [1.165, 1.54) is 0 Å². The SMILES string of the molecule is O=C(NCC(F)(F)C(=O)NC1(C(=O)O)CCCCC1)OCC1c2ccccc2-c2ccccc21. The van der Waals surface area contributed by atoms with Crippen molar-refractivity contribution in [3.63, 3.8) is 0 Å². The van der Waals surface area contributed by atoms with Crippen LogP contribution in [0, 0.1) is 0 Å². The summed E-state index contributed by atoms with van der Waals surface area (Å²) in [7, 11) is 0. The second-order valence-corrected chi connectivity index (χ2v) is 8.79. The monoisotopic (exact) mass is 472 g/mol. The van der Waals surface area contributed by atoms with Gasteiger partial charge in [0.1, 0.15) is 12.1 Å². The Morgan fingerprint density at radius 1 is 0.971 bits per heavy atom. The van der Waals surface area contributed by atoms with Crippen LogP contribution in [0.4, 0.5) is 13.6 Å². The van der Waals surface area contributed by atoms with Crippen LogP contribution in [0.3, 0.4) is 0 Å². The molecule has 0 spiro atoms. The summed E-state index contributed by atoms with van der Waals surface area (Å²) in [6, 6.07) is 15.4. The number of hydrogen-bond donors (Lipinski definition) is 3. The molecule has 0 radical (unpaired) electrons. The molecule has 7 nitrogen and oxygen atoms in total. The van der Waals surface area contributed by atoms with E-state index in [0.717, 1.165) is 28.7 Å². The molecule has 0 bridgehead atoms. The van der Waals surface area contributed by atoms with Crippen LogP contribution in [0.15, 0.2) is 48.5 Å². The molecule has 0 unspecified atom stereocenters. The largest absolute Gasteiger partial charge is 0.480 e. The van der Waals surface area contributed by atoms with Gasteiger partial charge >= 0.3 is 18.0 Å². The fourth-order valence-corrected chi connectivity index (χ4v) is 4.77. The number of hydrogen-bond acceptors (Lipinski definition) is 4. The van der Waals surface area contributed by atoms with E-state index in [4.69, 9.17) is 4.74 Å². The lowest BCUT2D eigenvalue weighted by Gasteiger charge is -2.35. The third-order valence-corrected chi connectivity index (χ3v) is 6.60. The quantitative estimate of drug-likeness (QED) is 0.564. The van der Waals surface area contributed by atoms with E-state index in [1.807, 2.05) is 59.2 Å². The third kappa shape index (κ3) is 4.60. The average molecular weight is 472 g/mol. The van der Waals surface area contributed by atoms with Crippen molar-refractivity contribution in [1.29, 1.82) is 0 Å². The highest BCUT2D eigenvalue weighted by Gasteiger charge is 2.47. The van der Waals surface area contributed by atoms with Gasteiger partial charge < -0.3 is 20.5 Å². The topological polar surface area (TPSA) is 105 Å². The molecular weight excluding hydrogens is 446 g/mol. The van der Waals surface area contributed by atoms with E-state index in [1.54, 1.807) is 0 Å². The number of alkyl halides is 2. The lowest BCUT2D eigenvalue weighted by Crippen LogP contribution is -2.60. The van der Waals surface area contributed by atoms with Gasteiger partial charge in [0, 0.05) is 5.92 Å². The number of amides is 2. The molecule has 2 aliphatic rings. The number of carbonyl (C=O) groups is 3. The minimum Gasteiger partial charge on any atom is -0.480 e. The summed E-state index contributed by atoms with van der Waals surface area (Å²) in [6.07, 6.45) is 0.921. The lowest BCUT2D eigenvalue weighted by atomic mass is 9.81. The van der Waals surface area contributed by atoms with Crippen molar-refractivity contribution < 1.29 is 33.0 Å². The van der Waals surface area contributed by atoms with Crippen LogP contribution in [0.25, 0.3) is 11.1 Å². The summed E-state index contributed by atoms with van der Waals surface area (Å²) in [4.78, 5) is 36.0. The highest BCUT2D eigenvalue weighted by Crippen LogP contribution is 2.44. The molecule has 4 rings (SSSR count). The Morgan fingerprint density at radius 2 is 1.53 bits per heavy atom. The molecule has 0 atom stereocenters.